The summed E-state index contributed by atoms with van der Waals surface area (Å²) in [7, 11) is 0. The molecule has 3 rings (SSSR count). The van der Waals surface area contributed by atoms with Crippen LogP contribution in [0.1, 0.15) is 59.8 Å². The van der Waals surface area contributed by atoms with Gasteiger partial charge in [0.15, 0.2) is 5.60 Å². The number of Topliss-reactive ketones (excluding diaryl/α,β-unsaturated/α-hetero) is 1. The zero-order valence-corrected chi connectivity index (χ0v) is 16.7. The van der Waals surface area contributed by atoms with Crippen LogP contribution in [0.3, 0.4) is 0 Å². The molecule has 1 fully saturated rings. The van der Waals surface area contributed by atoms with E-state index in [0.29, 0.717) is 24.2 Å². The van der Waals surface area contributed by atoms with E-state index in [2.05, 4.69) is 6.92 Å². The van der Waals surface area contributed by atoms with E-state index < -0.39 is 29.0 Å². The number of carbonyl (C=O) groups excluding carboxylic acids is 2. The first-order chi connectivity index (χ1) is 12.8. The van der Waals surface area contributed by atoms with Gasteiger partial charge >= 0.3 is 5.97 Å². The van der Waals surface area contributed by atoms with Gasteiger partial charge in [-0.15, -0.1) is 0 Å². The zero-order valence-electron chi connectivity index (χ0n) is 16.7. The molecular weight excluding hydrogens is 344 g/mol. The second-order valence-corrected chi connectivity index (χ2v) is 8.26. The first-order valence-electron chi connectivity index (χ1n) is 9.93. The maximum absolute atomic E-state index is 13.3. The molecule has 2 heterocycles. The highest BCUT2D eigenvalue weighted by Gasteiger charge is 2.68. The van der Waals surface area contributed by atoms with Crippen LogP contribution in [0.15, 0.2) is 35.1 Å². The quantitative estimate of drug-likeness (QED) is 0.568. The second kappa shape index (κ2) is 7.27. The van der Waals surface area contributed by atoms with Crippen LogP contribution in [0.2, 0.25) is 0 Å². The Morgan fingerprint density at radius 3 is 2.74 bits per heavy atom. The van der Waals surface area contributed by atoms with Gasteiger partial charge in [-0.1, -0.05) is 39.2 Å². The van der Waals surface area contributed by atoms with Crippen LogP contribution in [0.5, 0.6) is 0 Å². The Balaban J connectivity index is 1.97. The number of aliphatic hydroxyl groups excluding tert-OH is 1. The second-order valence-electron chi connectivity index (χ2n) is 8.26. The van der Waals surface area contributed by atoms with Gasteiger partial charge in [-0.2, -0.15) is 0 Å². The van der Waals surface area contributed by atoms with E-state index in [9.17, 15) is 14.7 Å². The molecule has 0 spiro atoms. The van der Waals surface area contributed by atoms with Gasteiger partial charge in [0.1, 0.15) is 12.4 Å². The number of ketones is 1. The fourth-order valence-corrected chi connectivity index (χ4v) is 4.74. The third kappa shape index (κ3) is 3.06. The number of fused-ring (bicyclic) bond motifs is 1. The van der Waals surface area contributed by atoms with Crippen LogP contribution >= 0.6 is 0 Å². The molecule has 3 aliphatic rings. The summed E-state index contributed by atoms with van der Waals surface area (Å²) in [6.45, 7) is 7.80. The molecule has 0 saturated carbocycles. The van der Waals surface area contributed by atoms with E-state index in [1.807, 2.05) is 32.1 Å². The number of hydrogen-bond acceptors (Lipinski definition) is 5. The number of rotatable bonds is 6. The van der Waals surface area contributed by atoms with Crippen molar-refractivity contribution >= 4 is 11.8 Å². The van der Waals surface area contributed by atoms with Crippen molar-refractivity contribution in [2.75, 3.05) is 6.61 Å². The average Bonchev–Trinajstić information content (AvgIpc) is 2.81. The summed E-state index contributed by atoms with van der Waals surface area (Å²) < 4.78 is 11.3. The maximum atomic E-state index is 13.3. The van der Waals surface area contributed by atoms with Gasteiger partial charge in [-0.3, -0.25) is 9.59 Å². The Morgan fingerprint density at radius 2 is 2.07 bits per heavy atom. The highest BCUT2D eigenvalue weighted by molar-refractivity contribution is 6.07. The highest BCUT2D eigenvalue weighted by atomic mass is 16.6. The molecule has 0 bridgehead atoms. The summed E-state index contributed by atoms with van der Waals surface area (Å²) in [6.07, 6.45) is 8.79. The van der Waals surface area contributed by atoms with Crippen LogP contribution in [0.25, 0.3) is 0 Å². The predicted molar refractivity (Wildman–Crippen MR) is 102 cm³/mol. The Bertz CT molecular complexity index is 731. The van der Waals surface area contributed by atoms with Crippen molar-refractivity contribution in [3.8, 4) is 0 Å². The molecule has 0 aromatic rings. The van der Waals surface area contributed by atoms with E-state index in [1.165, 1.54) is 0 Å². The molecule has 4 atom stereocenters. The van der Waals surface area contributed by atoms with Gasteiger partial charge < -0.3 is 14.6 Å². The summed E-state index contributed by atoms with van der Waals surface area (Å²) in [4.78, 5) is 26.0. The molecule has 5 nitrogen and oxygen atoms in total. The van der Waals surface area contributed by atoms with Crippen molar-refractivity contribution in [2.45, 2.75) is 71.5 Å². The Labute approximate surface area is 161 Å². The van der Waals surface area contributed by atoms with Crippen molar-refractivity contribution in [2.24, 2.45) is 11.3 Å². The topological polar surface area (TPSA) is 72.8 Å². The number of allylic oxidation sites excluding steroid dienone is 4. The largest absolute Gasteiger partial charge is 0.489 e. The molecule has 148 valence electrons. The van der Waals surface area contributed by atoms with E-state index >= 15 is 0 Å². The smallest absolute Gasteiger partial charge is 0.313 e. The van der Waals surface area contributed by atoms with Gasteiger partial charge in [-0.25, -0.2) is 0 Å². The minimum atomic E-state index is -1.26. The number of esters is 1. The van der Waals surface area contributed by atoms with Crippen LogP contribution in [0, 0.1) is 11.3 Å². The number of ether oxygens (including phenoxy) is 2. The Hall–Kier alpha value is -1.88. The summed E-state index contributed by atoms with van der Waals surface area (Å²) in [5, 5.41) is 10.8. The summed E-state index contributed by atoms with van der Waals surface area (Å²) >= 11 is 0. The fraction of sp³-hybridized carbons (Fsp3) is 0.636. The number of aliphatic hydroxyl groups is 1. The molecule has 2 aliphatic heterocycles. The van der Waals surface area contributed by atoms with Crippen LogP contribution in [-0.4, -0.2) is 35.2 Å². The summed E-state index contributed by atoms with van der Waals surface area (Å²) in [6, 6.07) is 0. The number of unbranched alkanes of at least 4 members (excludes halogenated alkanes) is 2. The number of hydrogen-bond donors (Lipinski definition) is 1. The SMILES string of the molecule is C/C=C\C1=CC2=C(CO1)C(=O)[C@]1(C)OC(=O)[C@H]([C@H](O)CCCCC)[C@@]1(C)C2. The van der Waals surface area contributed by atoms with E-state index in [0.717, 1.165) is 24.8 Å². The zero-order chi connectivity index (χ0) is 19.8. The summed E-state index contributed by atoms with van der Waals surface area (Å²) in [5.41, 5.74) is -0.560. The molecule has 0 aromatic carbocycles. The van der Waals surface area contributed by atoms with Crippen molar-refractivity contribution < 1.29 is 24.2 Å². The van der Waals surface area contributed by atoms with Crippen LogP contribution in [-0.2, 0) is 19.1 Å². The molecule has 1 aliphatic carbocycles. The van der Waals surface area contributed by atoms with Crippen molar-refractivity contribution in [3.63, 3.8) is 0 Å². The van der Waals surface area contributed by atoms with E-state index in [-0.39, 0.29) is 12.4 Å². The third-order valence-corrected chi connectivity index (χ3v) is 6.51. The standard InChI is InChI=1S/C22H30O5/c1-5-7-8-10-17(23)18-20(25)27-22(4)19(24)16-13-26-15(9-6-2)11-14(16)12-21(18,22)3/h6,9,11,17-18,23H,5,7-8,10,12-13H2,1-4H3/b9-6-/t17-,18+,21-,22+/m1/s1. The summed E-state index contributed by atoms with van der Waals surface area (Å²) in [5.74, 6) is -0.644. The molecule has 0 radical (unpaired) electrons. The minimum absolute atomic E-state index is 0.192. The highest BCUT2D eigenvalue weighted by Crippen LogP contribution is 2.58. The first kappa shape index (κ1) is 19.9. The van der Waals surface area contributed by atoms with Crippen LogP contribution in [0.4, 0.5) is 0 Å². The van der Waals surface area contributed by atoms with Crippen LogP contribution < -0.4 is 0 Å². The normalized spacial score (nSPS) is 34.1. The maximum Gasteiger partial charge on any atom is 0.313 e. The molecule has 0 unspecified atom stereocenters. The van der Waals surface area contributed by atoms with Crippen molar-refractivity contribution in [1.29, 1.82) is 0 Å². The van der Waals surface area contributed by atoms with Gasteiger partial charge in [-0.05, 0) is 44.4 Å². The van der Waals surface area contributed by atoms with E-state index in [4.69, 9.17) is 9.47 Å². The van der Waals surface area contributed by atoms with Crippen molar-refractivity contribution in [1.82, 2.24) is 0 Å². The van der Waals surface area contributed by atoms with Crippen molar-refractivity contribution in [3.05, 3.63) is 35.1 Å². The van der Waals surface area contributed by atoms with E-state index in [1.54, 1.807) is 6.92 Å². The molecule has 1 saturated heterocycles. The fourth-order valence-electron chi connectivity index (χ4n) is 4.74. The molecular formula is C22H30O5. The lowest BCUT2D eigenvalue weighted by atomic mass is 9.57. The van der Waals surface area contributed by atoms with Gasteiger partial charge in [0, 0.05) is 11.0 Å². The number of carbonyl (C=O) groups is 2. The average molecular weight is 374 g/mol. The lowest BCUT2D eigenvalue weighted by Crippen LogP contribution is -2.55. The van der Waals surface area contributed by atoms with Gasteiger partial charge in [0.2, 0.25) is 5.78 Å². The Kier molecular flexibility index (Phi) is 5.35. The third-order valence-electron chi connectivity index (χ3n) is 6.51. The monoisotopic (exact) mass is 374 g/mol. The molecule has 1 N–H and O–H groups in total. The Morgan fingerprint density at radius 1 is 1.33 bits per heavy atom. The molecule has 5 heteroatoms. The predicted octanol–water partition coefficient (Wildman–Crippen LogP) is 3.63. The molecule has 0 aromatic heterocycles. The molecule has 27 heavy (non-hydrogen) atoms. The lowest BCUT2D eigenvalue weighted by molar-refractivity contribution is -0.160. The first-order valence-corrected chi connectivity index (χ1v) is 9.93. The van der Waals surface area contributed by atoms with Gasteiger partial charge in [0.05, 0.1) is 12.0 Å². The lowest BCUT2D eigenvalue weighted by Gasteiger charge is -2.45. The van der Waals surface area contributed by atoms with Gasteiger partial charge in [0.25, 0.3) is 0 Å². The minimum Gasteiger partial charge on any atom is -0.489 e. The molecule has 0 amide bonds.